The van der Waals surface area contributed by atoms with E-state index in [9.17, 15) is 35.9 Å². The number of thioether (sulfide) groups is 1. The van der Waals surface area contributed by atoms with Crippen molar-refractivity contribution in [1.29, 1.82) is 0 Å². The molecule has 0 spiro atoms. The van der Waals surface area contributed by atoms with E-state index in [4.69, 9.17) is 9.15 Å². The van der Waals surface area contributed by atoms with Crippen LogP contribution in [0.25, 0.3) is 11.5 Å². The zero-order chi connectivity index (χ0) is 27.7. The number of aromatic nitrogens is 1. The summed E-state index contributed by atoms with van der Waals surface area (Å²) in [4.78, 5) is 27.3. The molecular formula is C25H26F6N2O4S. The molecule has 1 aliphatic heterocycles. The maximum atomic E-state index is 13.3. The van der Waals surface area contributed by atoms with Gasteiger partial charge in [0.15, 0.2) is 0 Å². The average molecular weight is 565 g/mol. The highest BCUT2D eigenvalue weighted by Crippen LogP contribution is 2.39. The molecule has 4 rings (SSSR count). The lowest BCUT2D eigenvalue weighted by Crippen LogP contribution is -2.26. The number of amides is 2. The highest BCUT2D eigenvalue weighted by Gasteiger charge is 2.38. The highest BCUT2D eigenvalue weighted by atomic mass is 32.2. The average Bonchev–Trinajstić information content (AvgIpc) is 3.42. The summed E-state index contributed by atoms with van der Waals surface area (Å²) in [5.74, 6) is 0.0376. The van der Waals surface area contributed by atoms with Gasteiger partial charge in [-0.15, -0.1) is 0 Å². The number of nitrogens with zero attached hydrogens (tertiary/aromatic N) is 1. The minimum Gasteiger partial charge on any atom is -0.441 e. The van der Waals surface area contributed by atoms with Gasteiger partial charge in [0, 0.05) is 12.0 Å². The number of imide groups is 1. The van der Waals surface area contributed by atoms with Gasteiger partial charge in [-0.1, -0.05) is 31.5 Å². The summed E-state index contributed by atoms with van der Waals surface area (Å²) in [5.41, 5.74) is -2.98. The molecular weight excluding hydrogens is 538 g/mol. The number of hydrogen-bond acceptors (Lipinski definition) is 6. The Labute approximate surface area is 218 Å². The van der Waals surface area contributed by atoms with Gasteiger partial charge < -0.3 is 9.15 Å². The summed E-state index contributed by atoms with van der Waals surface area (Å²) >= 11 is 1.01. The Hall–Kier alpha value is -2.54. The zero-order valence-electron chi connectivity index (χ0n) is 20.4. The van der Waals surface area contributed by atoms with Gasteiger partial charge in [0.25, 0.3) is 5.24 Å². The van der Waals surface area contributed by atoms with Gasteiger partial charge in [-0.05, 0) is 49.8 Å². The number of alkyl halides is 6. The highest BCUT2D eigenvalue weighted by molar-refractivity contribution is 8.15. The van der Waals surface area contributed by atoms with Crippen LogP contribution in [0.3, 0.4) is 0 Å². The topological polar surface area (TPSA) is 81.4 Å². The number of halogens is 6. The smallest absolute Gasteiger partial charge is 0.416 e. The van der Waals surface area contributed by atoms with Crippen LogP contribution in [0.5, 0.6) is 0 Å². The second kappa shape index (κ2) is 11.3. The van der Waals surface area contributed by atoms with Crippen molar-refractivity contribution in [3.05, 3.63) is 40.8 Å². The normalized spacial score (nSPS) is 22.7. The van der Waals surface area contributed by atoms with Crippen LogP contribution in [0.1, 0.15) is 68.0 Å². The largest absolute Gasteiger partial charge is 0.441 e. The molecule has 0 radical (unpaired) electrons. The first-order valence-electron chi connectivity index (χ1n) is 12.2. The molecule has 1 aromatic carbocycles. The SMILES string of the molecule is CCc1oc(-c2cc(C(F)(F)F)cc(C(F)(F)F)c2)nc1COC1CCCC(CCC2SC(=O)NC2=O)C1. The summed E-state index contributed by atoms with van der Waals surface area (Å²) in [6, 6.07) is 1.24. The molecule has 0 bridgehead atoms. The number of carbonyl (C=O) groups is 2. The van der Waals surface area contributed by atoms with Gasteiger partial charge in [-0.25, -0.2) is 4.98 Å². The predicted octanol–water partition coefficient (Wildman–Crippen LogP) is 7.15. The van der Waals surface area contributed by atoms with Crippen molar-refractivity contribution in [3.63, 3.8) is 0 Å². The first kappa shape index (κ1) is 28.5. The van der Waals surface area contributed by atoms with Gasteiger partial charge in [-0.2, -0.15) is 26.3 Å². The van der Waals surface area contributed by atoms with E-state index < -0.39 is 29.0 Å². The molecule has 1 aliphatic carbocycles. The van der Waals surface area contributed by atoms with Crippen molar-refractivity contribution in [2.45, 2.75) is 82.2 Å². The second-order valence-corrected chi connectivity index (χ2v) is 10.6. The lowest BCUT2D eigenvalue weighted by atomic mass is 9.84. The number of nitrogens with one attached hydrogen (secondary N) is 1. The summed E-state index contributed by atoms with van der Waals surface area (Å²) in [7, 11) is 0. The van der Waals surface area contributed by atoms with Crippen molar-refractivity contribution in [3.8, 4) is 11.5 Å². The van der Waals surface area contributed by atoms with Crippen LogP contribution < -0.4 is 5.32 Å². The molecule has 2 amide bonds. The summed E-state index contributed by atoms with van der Waals surface area (Å²) in [5, 5.41) is 1.57. The van der Waals surface area contributed by atoms with Crippen molar-refractivity contribution in [2.24, 2.45) is 5.92 Å². The molecule has 1 N–H and O–H groups in total. The summed E-state index contributed by atoms with van der Waals surface area (Å²) in [6.45, 7) is 1.74. The van der Waals surface area contributed by atoms with Gasteiger partial charge in [-0.3, -0.25) is 14.9 Å². The Morgan fingerprint density at radius 1 is 1.05 bits per heavy atom. The molecule has 13 heteroatoms. The summed E-state index contributed by atoms with van der Waals surface area (Å²) < 4.78 is 91.2. The fourth-order valence-corrected chi connectivity index (χ4v) is 5.63. The molecule has 38 heavy (non-hydrogen) atoms. The van der Waals surface area contributed by atoms with Crippen LogP contribution >= 0.6 is 11.8 Å². The van der Waals surface area contributed by atoms with Crippen molar-refractivity contribution >= 4 is 22.9 Å². The Kier molecular flexibility index (Phi) is 8.46. The number of ether oxygens (including phenoxy) is 1. The van der Waals surface area contributed by atoms with Crippen LogP contribution in [0, 0.1) is 5.92 Å². The van der Waals surface area contributed by atoms with Gasteiger partial charge >= 0.3 is 12.4 Å². The van der Waals surface area contributed by atoms with E-state index in [0.717, 1.165) is 43.9 Å². The van der Waals surface area contributed by atoms with E-state index in [-0.39, 0.29) is 41.1 Å². The number of rotatable bonds is 8. The number of carbonyl (C=O) groups excluding carboxylic acids is 2. The zero-order valence-corrected chi connectivity index (χ0v) is 21.2. The Morgan fingerprint density at radius 2 is 1.74 bits per heavy atom. The van der Waals surface area contributed by atoms with Crippen molar-refractivity contribution in [1.82, 2.24) is 10.3 Å². The lowest BCUT2D eigenvalue weighted by Gasteiger charge is -2.29. The van der Waals surface area contributed by atoms with Gasteiger partial charge in [0.1, 0.15) is 11.5 Å². The molecule has 3 unspecified atom stereocenters. The molecule has 1 saturated carbocycles. The predicted molar refractivity (Wildman–Crippen MR) is 126 cm³/mol. The quantitative estimate of drug-likeness (QED) is 0.343. The van der Waals surface area contributed by atoms with Crippen LogP contribution in [0.4, 0.5) is 31.1 Å². The lowest BCUT2D eigenvalue weighted by molar-refractivity contribution is -0.143. The minimum atomic E-state index is -4.98. The van der Waals surface area contributed by atoms with Crippen LogP contribution in [-0.4, -0.2) is 27.5 Å². The molecule has 6 nitrogen and oxygen atoms in total. The monoisotopic (exact) mass is 564 g/mol. The molecule has 1 aromatic heterocycles. The molecule has 3 atom stereocenters. The Bertz CT molecular complexity index is 1150. The third-order valence-corrected chi connectivity index (χ3v) is 7.78. The van der Waals surface area contributed by atoms with E-state index in [1.807, 2.05) is 0 Å². The third kappa shape index (κ3) is 6.90. The van der Waals surface area contributed by atoms with E-state index in [1.54, 1.807) is 6.92 Å². The fourth-order valence-electron chi connectivity index (χ4n) is 4.80. The van der Waals surface area contributed by atoms with Crippen molar-refractivity contribution in [2.75, 3.05) is 0 Å². The number of hydrogen-bond donors (Lipinski definition) is 1. The molecule has 1 saturated heterocycles. The number of aryl methyl sites for hydroxylation is 1. The van der Waals surface area contributed by atoms with Crippen LogP contribution in [0.2, 0.25) is 0 Å². The standard InChI is InChI=1S/C25H26F6N2O4S/c1-2-19-18(12-36-17-5-3-4-13(8-17)6-7-20-21(34)33-23(35)38-20)32-22(37-19)14-9-15(24(26,27)28)11-16(10-14)25(29,30)31/h9-11,13,17,20H,2-8,12H2,1H3,(H,33,34,35). The first-order valence-corrected chi connectivity index (χ1v) is 13.1. The maximum Gasteiger partial charge on any atom is 0.416 e. The minimum absolute atomic E-state index is 0.00450. The van der Waals surface area contributed by atoms with Crippen molar-refractivity contribution < 1.29 is 45.1 Å². The first-order chi connectivity index (χ1) is 17.8. The molecule has 2 aliphatic rings. The van der Waals surface area contributed by atoms with Gasteiger partial charge in [0.2, 0.25) is 11.8 Å². The van der Waals surface area contributed by atoms with Gasteiger partial charge in [0.05, 0.1) is 29.1 Å². The molecule has 2 aromatic rings. The molecule has 2 fully saturated rings. The van der Waals surface area contributed by atoms with E-state index >= 15 is 0 Å². The number of oxazole rings is 1. The second-order valence-electron chi connectivity index (χ2n) is 9.46. The molecule has 2 heterocycles. The van der Waals surface area contributed by atoms with E-state index in [0.29, 0.717) is 42.3 Å². The van der Waals surface area contributed by atoms with E-state index in [1.165, 1.54) is 0 Å². The summed E-state index contributed by atoms with van der Waals surface area (Å²) in [6.07, 6.45) is -4.98. The van der Waals surface area contributed by atoms with Crippen LogP contribution in [-0.2, 0) is 34.9 Å². The Balaban J connectivity index is 1.43. The Morgan fingerprint density at radius 3 is 2.32 bits per heavy atom. The maximum absolute atomic E-state index is 13.3. The third-order valence-electron chi connectivity index (χ3n) is 6.73. The fraction of sp³-hybridized carbons (Fsp3) is 0.560. The van der Waals surface area contributed by atoms with Crippen LogP contribution in [0.15, 0.2) is 22.6 Å². The number of benzene rings is 1. The van der Waals surface area contributed by atoms with E-state index in [2.05, 4.69) is 10.3 Å². The molecule has 208 valence electrons.